The monoisotopic (exact) mass is 305 g/mol. The van der Waals surface area contributed by atoms with Gasteiger partial charge in [0.05, 0.1) is 4.92 Å². The predicted octanol–water partition coefficient (Wildman–Crippen LogP) is 1.21. The van der Waals surface area contributed by atoms with E-state index in [-0.39, 0.29) is 5.69 Å². The zero-order valence-corrected chi connectivity index (χ0v) is 13.0. The normalized spacial score (nSPS) is 22.0. The Hall–Kier alpha value is -1.73. The van der Waals surface area contributed by atoms with Crippen molar-refractivity contribution in [2.75, 3.05) is 51.2 Å². The minimum atomic E-state index is -0.408. The molecule has 0 spiro atoms. The van der Waals surface area contributed by atoms with E-state index in [1.54, 1.807) is 6.07 Å². The number of likely N-dealkylation sites (tertiary alicyclic amines) is 1. The SMILES string of the molecule is CN1CCC(N2CCN(c3ccc([N+](=O)[O-])cn3)CC2)CC1. The molecule has 0 bridgehead atoms. The van der Waals surface area contributed by atoms with Gasteiger partial charge < -0.3 is 9.80 Å². The molecule has 22 heavy (non-hydrogen) atoms. The first-order valence-corrected chi connectivity index (χ1v) is 7.91. The molecular formula is C15H23N5O2. The number of nitro groups is 1. The van der Waals surface area contributed by atoms with Crippen molar-refractivity contribution in [2.45, 2.75) is 18.9 Å². The zero-order valence-electron chi connectivity index (χ0n) is 13.0. The molecule has 120 valence electrons. The third kappa shape index (κ3) is 3.36. The molecular weight excluding hydrogens is 282 g/mol. The average molecular weight is 305 g/mol. The van der Waals surface area contributed by atoms with E-state index < -0.39 is 4.92 Å². The van der Waals surface area contributed by atoms with Gasteiger partial charge in [0.2, 0.25) is 0 Å². The number of piperidine rings is 1. The van der Waals surface area contributed by atoms with E-state index in [1.165, 1.54) is 38.2 Å². The summed E-state index contributed by atoms with van der Waals surface area (Å²) in [7, 11) is 2.19. The molecule has 0 amide bonds. The van der Waals surface area contributed by atoms with Crippen LogP contribution in [0.15, 0.2) is 18.3 Å². The van der Waals surface area contributed by atoms with Crippen molar-refractivity contribution in [3.63, 3.8) is 0 Å². The lowest BCUT2D eigenvalue weighted by molar-refractivity contribution is -0.385. The smallest absolute Gasteiger partial charge is 0.287 e. The molecule has 0 unspecified atom stereocenters. The maximum atomic E-state index is 10.7. The molecule has 2 aliphatic heterocycles. The highest BCUT2D eigenvalue weighted by Gasteiger charge is 2.26. The second kappa shape index (κ2) is 6.58. The maximum absolute atomic E-state index is 10.7. The number of hydrogen-bond donors (Lipinski definition) is 0. The Balaban J connectivity index is 1.54. The van der Waals surface area contributed by atoms with Crippen molar-refractivity contribution in [1.29, 1.82) is 0 Å². The number of aromatic nitrogens is 1. The van der Waals surface area contributed by atoms with Crippen molar-refractivity contribution in [2.24, 2.45) is 0 Å². The Bertz CT molecular complexity index is 505. The Morgan fingerprint density at radius 3 is 2.36 bits per heavy atom. The van der Waals surface area contributed by atoms with Crippen molar-refractivity contribution in [1.82, 2.24) is 14.8 Å². The summed E-state index contributed by atoms with van der Waals surface area (Å²) >= 11 is 0. The van der Waals surface area contributed by atoms with Gasteiger partial charge >= 0.3 is 0 Å². The molecule has 3 heterocycles. The van der Waals surface area contributed by atoms with Gasteiger partial charge in [0.25, 0.3) is 5.69 Å². The Kier molecular flexibility index (Phi) is 4.54. The Labute approximate surface area is 130 Å². The summed E-state index contributed by atoms with van der Waals surface area (Å²) in [6.07, 6.45) is 3.86. The second-order valence-electron chi connectivity index (χ2n) is 6.19. The van der Waals surface area contributed by atoms with E-state index in [9.17, 15) is 10.1 Å². The Morgan fingerprint density at radius 2 is 1.82 bits per heavy atom. The number of anilines is 1. The fourth-order valence-corrected chi connectivity index (χ4v) is 3.35. The number of piperazine rings is 1. The van der Waals surface area contributed by atoms with Crippen LogP contribution in [0.5, 0.6) is 0 Å². The van der Waals surface area contributed by atoms with Crippen LogP contribution in [-0.2, 0) is 0 Å². The molecule has 0 aromatic carbocycles. The fourth-order valence-electron chi connectivity index (χ4n) is 3.35. The van der Waals surface area contributed by atoms with E-state index in [4.69, 9.17) is 0 Å². The second-order valence-corrected chi connectivity index (χ2v) is 6.19. The van der Waals surface area contributed by atoms with Crippen LogP contribution in [0, 0.1) is 10.1 Å². The lowest BCUT2D eigenvalue weighted by Crippen LogP contribution is -2.53. The van der Waals surface area contributed by atoms with Gasteiger partial charge in [-0.05, 0) is 39.0 Å². The molecule has 2 fully saturated rings. The molecule has 0 N–H and O–H groups in total. The predicted molar refractivity (Wildman–Crippen MR) is 85.2 cm³/mol. The largest absolute Gasteiger partial charge is 0.354 e. The summed E-state index contributed by atoms with van der Waals surface area (Å²) < 4.78 is 0. The summed E-state index contributed by atoms with van der Waals surface area (Å²) in [5.41, 5.74) is 0.0497. The van der Waals surface area contributed by atoms with Gasteiger partial charge in [-0.15, -0.1) is 0 Å². The lowest BCUT2D eigenvalue weighted by Gasteiger charge is -2.42. The van der Waals surface area contributed by atoms with Crippen LogP contribution in [0.4, 0.5) is 11.5 Å². The van der Waals surface area contributed by atoms with E-state index in [0.717, 1.165) is 32.0 Å². The van der Waals surface area contributed by atoms with Crippen LogP contribution in [0.1, 0.15) is 12.8 Å². The van der Waals surface area contributed by atoms with E-state index in [2.05, 4.69) is 26.7 Å². The van der Waals surface area contributed by atoms with Gasteiger partial charge in [-0.1, -0.05) is 0 Å². The molecule has 1 aromatic heterocycles. The number of rotatable bonds is 3. The zero-order chi connectivity index (χ0) is 15.5. The number of hydrogen-bond acceptors (Lipinski definition) is 6. The van der Waals surface area contributed by atoms with E-state index in [0.29, 0.717) is 6.04 Å². The van der Waals surface area contributed by atoms with Crippen molar-refractivity contribution in [3.8, 4) is 0 Å². The standard InChI is InChI=1S/C15H23N5O2/c1-17-6-4-13(5-7-17)18-8-10-19(11-9-18)15-3-2-14(12-16-15)20(21)22/h2-3,12-13H,4-11H2,1H3. The first-order valence-electron chi connectivity index (χ1n) is 7.91. The van der Waals surface area contributed by atoms with Crippen molar-refractivity contribution < 1.29 is 4.92 Å². The maximum Gasteiger partial charge on any atom is 0.287 e. The van der Waals surface area contributed by atoms with E-state index >= 15 is 0 Å². The van der Waals surface area contributed by atoms with Gasteiger partial charge in [0.1, 0.15) is 12.0 Å². The summed E-state index contributed by atoms with van der Waals surface area (Å²) in [5.74, 6) is 0.841. The quantitative estimate of drug-likeness (QED) is 0.618. The fraction of sp³-hybridized carbons (Fsp3) is 0.667. The van der Waals surface area contributed by atoms with Gasteiger partial charge in [-0.2, -0.15) is 0 Å². The van der Waals surface area contributed by atoms with E-state index in [1.807, 2.05) is 0 Å². The third-order valence-electron chi connectivity index (χ3n) is 4.79. The van der Waals surface area contributed by atoms with Crippen LogP contribution < -0.4 is 4.90 Å². The highest BCUT2D eigenvalue weighted by atomic mass is 16.6. The molecule has 2 aliphatic rings. The summed E-state index contributed by atoms with van der Waals surface area (Å²) in [4.78, 5) is 21.7. The molecule has 0 saturated carbocycles. The van der Waals surface area contributed by atoms with Crippen LogP contribution in [-0.4, -0.2) is 72.1 Å². The minimum absolute atomic E-state index is 0.0497. The molecule has 3 rings (SSSR count). The summed E-state index contributed by atoms with van der Waals surface area (Å²) in [5, 5.41) is 10.7. The highest BCUT2D eigenvalue weighted by molar-refractivity contribution is 5.43. The molecule has 0 atom stereocenters. The average Bonchev–Trinajstić information content (AvgIpc) is 2.56. The van der Waals surface area contributed by atoms with Crippen LogP contribution in [0.3, 0.4) is 0 Å². The van der Waals surface area contributed by atoms with Gasteiger partial charge in [-0.25, -0.2) is 4.98 Å². The first-order chi connectivity index (χ1) is 10.6. The first kappa shape index (κ1) is 15.2. The molecule has 1 aromatic rings. The lowest BCUT2D eigenvalue weighted by atomic mass is 10.0. The molecule has 0 radical (unpaired) electrons. The van der Waals surface area contributed by atoms with Gasteiger partial charge in [0.15, 0.2) is 0 Å². The summed E-state index contributed by atoms with van der Waals surface area (Å²) in [6, 6.07) is 4.00. The Morgan fingerprint density at radius 1 is 1.14 bits per heavy atom. The van der Waals surface area contributed by atoms with Gasteiger partial charge in [0, 0.05) is 38.3 Å². The van der Waals surface area contributed by atoms with Crippen LogP contribution in [0.2, 0.25) is 0 Å². The summed E-state index contributed by atoms with van der Waals surface area (Å²) in [6.45, 7) is 6.36. The molecule has 7 nitrogen and oxygen atoms in total. The third-order valence-corrected chi connectivity index (χ3v) is 4.79. The van der Waals surface area contributed by atoms with Crippen LogP contribution >= 0.6 is 0 Å². The number of pyridine rings is 1. The highest BCUT2D eigenvalue weighted by Crippen LogP contribution is 2.21. The van der Waals surface area contributed by atoms with Gasteiger partial charge in [-0.3, -0.25) is 15.0 Å². The number of nitrogens with zero attached hydrogens (tertiary/aromatic N) is 5. The molecule has 2 saturated heterocycles. The molecule has 0 aliphatic carbocycles. The van der Waals surface area contributed by atoms with Crippen molar-refractivity contribution >= 4 is 11.5 Å². The van der Waals surface area contributed by atoms with Crippen molar-refractivity contribution in [3.05, 3.63) is 28.4 Å². The molecule has 7 heteroatoms. The topological polar surface area (TPSA) is 65.8 Å². The van der Waals surface area contributed by atoms with Crippen LogP contribution in [0.25, 0.3) is 0 Å². The minimum Gasteiger partial charge on any atom is -0.354 e.